The van der Waals surface area contributed by atoms with Gasteiger partial charge in [-0.2, -0.15) is 4.99 Å². The Morgan fingerprint density at radius 2 is 1.57 bits per heavy atom. The maximum atomic E-state index is 12.4. The number of rotatable bonds is 6. The van der Waals surface area contributed by atoms with Gasteiger partial charge in [0.15, 0.2) is 0 Å². The highest BCUT2D eigenvalue weighted by atomic mass is 16.2. The van der Waals surface area contributed by atoms with Crippen molar-refractivity contribution in [3.8, 4) is 0 Å². The third-order valence-electron chi connectivity index (χ3n) is 4.25. The Morgan fingerprint density at radius 3 is 2.29 bits per heavy atom. The van der Waals surface area contributed by atoms with E-state index in [1.165, 1.54) is 0 Å². The fourth-order valence-electron chi connectivity index (χ4n) is 2.87. The predicted molar refractivity (Wildman–Crippen MR) is 109 cm³/mol. The van der Waals surface area contributed by atoms with Crippen LogP contribution in [-0.4, -0.2) is 22.4 Å². The average molecular weight is 373 g/mol. The van der Waals surface area contributed by atoms with Gasteiger partial charge in [-0.1, -0.05) is 54.6 Å². The fraction of sp³-hybridized carbons (Fsp3) is 0.174. The van der Waals surface area contributed by atoms with Gasteiger partial charge in [-0.3, -0.25) is 9.59 Å². The van der Waals surface area contributed by atoms with Crippen molar-refractivity contribution in [1.29, 1.82) is 0 Å². The Morgan fingerprint density at radius 1 is 0.929 bits per heavy atom. The molecule has 0 aliphatic heterocycles. The van der Waals surface area contributed by atoms with Crippen molar-refractivity contribution in [2.24, 2.45) is 4.99 Å². The average Bonchev–Trinajstić information content (AvgIpc) is 2.70. The highest BCUT2D eigenvalue weighted by Crippen LogP contribution is 2.02. The van der Waals surface area contributed by atoms with Gasteiger partial charge in [0, 0.05) is 30.8 Å². The lowest BCUT2D eigenvalue weighted by Crippen LogP contribution is -2.34. The number of pyridine rings is 1. The monoisotopic (exact) mass is 373 g/mol. The zero-order chi connectivity index (χ0) is 19.8. The summed E-state index contributed by atoms with van der Waals surface area (Å²) in [7, 11) is 0. The molecular weight excluding hydrogens is 350 g/mol. The maximum absolute atomic E-state index is 12.4. The molecule has 2 aromatic carbocycles. The van der Waals surface area contributed by atoms with Gasteiger partial charge in [0.1, 0.15) is 5.49 Å². The van der Waals surface area contributed by atoms with Crippen molar-refractivity contribution in [2.75, 3.05) is 0 Å². The number of hydrogen-bond donors (Lipinski definition) is 1. The normalized spacial score (nSPS) is 12.4. The van der Waals surface area contributed by atoms with Crippen LogP contribution in [0.15, 0.2) is 90.1 Å². The summed E-state index contributed by atoms with van der Waals surface area (Å²) < 4.78 is 1.93. The minimum atomic E-state index is -0.310. The van der Waals surface area contributed by atoms with Crippen LogP contribution in [0.1, 0.15) is 29.3 Å². The van der Waals surface area contributed by atoms with Crippen LogP contribution in [0.2, 0.25) is 0 Å². The number of benzene rings is 2. The Bertz CT molecular complexity index is 995. The second-order valence-electron chi connectivity index (χ2n) is 6.62. The molecule has 1 heterocycles. The number of aromatic nitrogens is 1. The minimum absolute atomic E-state index is 0.138. The lowest BCUT2D eigenvalue weighted by Gasteiger charge is -2.12. The van der Waals surface area contributed by atoms with Gasteiger partial charge < -0.3 is 9.88 Å². The topological polar surface area (TPSA) is 63.5 Å². The number of nitrogens with one attached hydrogen (secondary N) is 1. The third-order valence-corrected chi connectivity index (χ3v) is 4.25. The molecule has 1 unspecified atom stereocenters. The SMILES string of the molecule is CC(CC(=O)N=c1ccccn1Cc1ccccc1)NC(=O)c1ccccc1. The van der Waals surface area contributed by atoms with Crippen molar-refractivity contribution >= 4 is 11.8 Å². The molecule has 5 nitrogen and oxygen atoms in total. The standard InChI is InChI=1S/C23H23N3O2/c1-18(24-23(28)20-12-6-3-7-13-20)16-22(27)25-21-14-8-9-15-26(21)17-19-10-4-2-5-11-19/h2-15,18H,16-17H2,1H3,(H,24,28). The van der Waals surface area contributed by atoms with Gasteiger partial charge in [0.25, 0.3) is 5.91 Å². The van der Waals surface area contributed by atoms with Crippen LogP contribution in [-0.2, 0) is 11.3 Å². The summed E-state index contributed by atoms with van der Waals surface area (Å²) in [6, 6.07) is 24.2. The summed E-state index contributed by atoms with van der Waals surface area (Å²) >= 11 is 0. The number of amides is 2. The first kappa shape index (κ1) is 19.3. The van der Waals surface area contributed by atoms with Crippen molar-refractivity contribution in [2.45, 2.75) is 25.9 Å². The summed E-state index contributed by atoms with van der Waals surface area (Å²) in [5.41, 5.74) is 2.30. The largest absolute Gasteiger partial charge is 0.349 e. The van der Waals surface area contributed by atoms with Crippen molar-refractivity contribution in [1.82, 2.24) is 9.88 Å². The molecule has 2 amide bonds. The van der Waals surface area contributed by atoms with Crippen molar-refractivity contribution < 1.29 is 9.59 Å². The Balaban J connectivity index is 1.66. The Labute approximate surface area is 164 Å². The van der Waals surface area contributed by atoms with E-state index in [1.54, 1.807) is 31.2 Å². The van der Waals surface area contributed by atoms with E-state index in [0.717, 1.165) is 5.56 Å². The smallest absolute Gasteiger partial charge is 0.251 e. The third kappa shape index (κ3) is 5.51. The molecule has 0 spiro atoms. The fourth-order valence-corrected chi connectivity index (χ4v) is 2.87. The highest BCUT2D eigenvalue weighted by Gasteiger charge is 2.12. The van der Waals surface area contributed by atoms with E-state index < -0.39 is 0 Å². The van der Waals surface area contributed by atoms with Crippen LogP contribution in [0.25, 0.3) is 0 Å². The quantitative estimate of drug-likeness (QED) is 0.721. The molecule has 0 bridgehead atoms. The zero-order valence-corrected chi connectivity index (χ0v) is 15.8. The molecule has 0 fully saturated rings. The molecule has 0 aliphatic carbocycles. The number of carbonyl (C=O) groups excluding carboxylic acids is 2. The molecule has 3 aromatic rings. The molecule has 28 heavy (non-hydrogen) atoms. The molecule has 3 rings (SSSR count). The Hall–Kier alpha value is -3.47. The van der Waals surface area contributed by atoms with E-state index in [0.29, 0.717) is 17.6 Å². The van der Waals surface area contributed by atoms with Crippen LogP contribution >= 0.6 is 0 Å². The molecule has 0 radical (unpaired) electrons. The lowest BCUT2D eigenvalue weighted by atomic mass is 10.1. The maximum Gasteiger partial charge on any atom is 0.251 e. The first-order chi connectivity index (χ1) is 13.6. The van der Waals surface area contributed by atoms with Crippen LogP contribution < -0.4 is 10.8 Å². The van der Waals surface area contributed by atoms with E-state index >= 15 is 0 Å². The molecule has 142 valence electrons. The van der Waals surface area contributed by atoms with Crippen molar-refractivity contribution in [3.05, 3.63) is 102 Å². The lowest BCUT2D eigenvalue weighted by molar-refractivity contribution is -0.118. The highest BCUT2D eigenvalue weighted by molar-refractivity contribution is 5.94. The number of carbonyl (C=O) groups is 2. The van der Waals surface area contributed by atoms with Gasteiger partial charge in [0.2, 0.25) is 5.91 Å². The first-order valence-corrected chi connectivity index (χ1v) is 9.24. The second-order valence-corrected chi connectivity index (χ2v) is 6.62. The predicted octanol–water partition coefficient (Wildman–Crippen LogP) is 3.17. The molecular formula is C23H23N3O2. The van der Waals surface area contributed by atoms with Crippen LogP contribution in [0, 0.1) is 0 Å². The molecule has 1 N–H and O–H groups in total. The molecule has 0 saturated carbocycles. The molecule has 0 aliphatic rings. The summed E-state index contributed by atoms with van der Waals surface area (Å²) in [5.74, 6) is -0.464. The van der Waals surface area contributed by atoms with Gasteiger partial charge in [-0.15, -0.1) is 0 Å². The second kappa shape index (κ2) is 9.46. The molecule has 5 heteroatoms. The Kier molecular flexibility index (Phi) is 6.52. The molecule has 0 saturated heterocycles. The van der Waals surface area contributed by atoms with Crippen molar-refractivity contribution in [3.63, 3.8) is 0 Å². The number of nitrogens with zero attached hydrogens (tertiary/aromatic N) is 2. The van der Waals surface area contributed by atoms with E-state index in [1.807, 2.05) is 65.4 Å². The summed E-state index contributed by atoms with van der Waals surface area (Å²) in [5, 5.41) is 2.84. The minimum Gasteiger partial charge on any atom is -0.349 e. The molecule has 1 atom stereocenters. The van der Waals surface area contributed by atoms with Gasteiger partial charge in [-0.25, -0.2) is 0 Å². The van der Waals surface area contributed by atoms with Gasteiger partial charge >= 0.3 is 0 Å². The van der Waals surface area contributed by atoms with Crippen LogP contribution in [0.4, 0.5) is 0 Å². The van der Waals surface area contributed by atoms with Gasteiger partial charge in [0.05, 0.1) is 0 Å². The summed E-state index contributed by atoms with van der Waals surface area (Å²) in [4.78, 5) is 28.9. The van der Waals surface area contributed by atoms with E-state index in [2.05, 4.69) is 10.3 Å². The summed E-state index contributed by atoms with van der Waals surface area (Å²) in [6.07, 6.45) is 2.04. The van der Waals surface area contributed by atoms with E-state index in [-0.39, 0.29) is 24.3 Å². The zero-order valence-electron chi connectivity index (χ0n) is 15.8. The first-order valence-electron chi connectivity index (χ1n) is 9.24. The number of hydrogen-bond acceptors (Lipinski definition) is 2. The molecule has 1 aromatic heterocycles. The van der Waals surface area contributed by atoms with Crippen LogP contribution in [0.3, 0.4) is 0 Å². The summed E-state index contributed by atoms with van der Waals surface area (Å²) in [6.45, 7) is 2.44. The van der Waals surface area contributed by atoms with E-state index in [9.17, 15) is 9.59 Å². The van der Waals surface area contributed by atoms with Gasteiger partial charge in [-0.05, 0) is 36.8 Å². The van der Waals surface area contributed by atoms with Crippen LogP contribution in [0.5, 0.6) is 0 Å². The van der Waals surface area contributed by atoms with E-state index in [4.69, 9.17) is 0 Å².